The summed E-state index contributed by atoms with van der Waals surface area (Å²) in [5.74, 6) is -0.866. The number of nitrogens with zero attached hydrogens (tertiary/aromatic N) is 1. The lowest BCUT2D eigenvalue weighted by atomic mass is 10.2. The molecule has 3 N–H and O–H groups in total. The van der Waals surface area contributed by atoms with Gasteiger partial charge in [-0.05, 0) is 25.1 Å². The zero-order chi connectivity index (χ0) is 14.7. The van der Waals surface area contributed by atoms with Crippen molar-refractivity contribution in [3.05, 3.63) is 28.7 Å². The van der Waals surface area contributed by atoms with E-state index in [0.29, 0.717) is 29.9 Å². The number of nitrogens with two attached hydrogens (primary N) is 1. The highest BCUT2D eigenvalue weighted by molar-refractivity contribution is 5.83. The van der Waals surface area contributed by atoms with E-state index in [0.717, 1.165) is 0 Å². The smallest absolute Gasteiger partial charge is 0.408 e. The van der Waals surface area contributed by atoms with Crippen LogP contribution >= 0.6 is 0 Å². The monoisotopic (exact) mass is 279 g/mol. The molecule has 0 radical (unpaired) electrons. The second-order valence-corrected chi connectivity index (χ2v) is 4.42. The molecule has 2 rings (SSSR count). The van der Waals surface area contributed by atoms with Gasteiger partial charge in [0, 0.05) is 19.3 Å². The maximum absolute atomic E-state index is 12.0. The lowest BCUT2D eigenvalue weighted by Crippen LogP contribution is -2.36. The standard InChI is InChI=1S/C13H17N3O4/c1-8(12(17)15-5-6-19-2)16-10-7-9(14)3-4-11(10)20-13(16)18/h3-4,7-8H,5-6,14H2,1-2H3,(H,15,17). The molecule has 1 amide bonds. The number of fused-ring (bicyclic) bond motifs is 1. The molecule has 0 aliphatic carbocycles. The lowest BCUT2D eigenvalue weighted by Gasteiger charge is -2.13. The topological polar surface area (TPSA) is 99.5 Å². The lowest BCUT2D eigenvalue weighted by molar-refractivity contribution is -0.124. The minimum Gasteiger partial charge on any atom is -0.408 e. The van der Waals surface area contributed by atoms with E-state index in [-0.39, 0.29) is 5.91 Å². The number of amides is 1. The molecule has 0 fully saturated rings. The summed E-state index contributed by atoms with van der Waals surface area (Å²) in [5, 5.41) is 2.68. The van der Waals surface area contributed by atoms with Crippen LogP contribution in [0.15, 0.2) is 27.4 Å². The first kappa shape index (κ1) is 14.1. The van der Waals surface area contributed by atoms with Crippen LogP contribution in [0.4, 0.5) is 5.69 Å². The van der Waals surface area contributed by atoms with Crippen LogP contribution in [0.3, 0.4) is 0 Å². The Hall–Kier alpha value is -2.28. The van der Waals surface area contributed by atoms with Crippen molar-refractivity contribution in [2.24, 2.45) is 0 Å². The van der Waals surface area contributed by atoms with Gasteiger partial charge < -0.3 is 20.2 Å². The molecular weight excluding hydrogens is 262 g/mol. The van der Waals surface area contributed by atoms with Crippen LogP contribution in [0.1, 0.15) is 13.0 Å². The Bertz CT molecular complexity index is 674. The summed E-state index contributed by atoms with van der Waals surface area (Å²) < 4.78 is 11.2. The van der Waals surface area contributed by atoms with Gasteiger partial charge >= 0.3 is 5.76 Å². The highest BCUT2D eigenvalue weighted by Crippen LogP contribution is 2.19. The van der Waals surface area contributed by atoms with Crippen LogP contribution < -0.4 is 16.8 Å². The molecule has 7 heteroatoms. The molecule has 108 valence electrons. The van der Waals surface area contributed by atoms with Crippen molar-refractivity contribution in [3.8, 4) is 0 Å². The summed E-state index contributed by atoms with van der Waals surface area (Å²) in [4.78, 5) is 23.9. The van der Waals surface area contributed by atoms with Crippen LogP contribution in [0, 0.1) is 0 Å². The molecule has 0 aliphatic rings. The highest BCUT2D eigenvalue weighted by Gasteiger charge is 2.21. The SMILES string of the molecule is COCCNC(=O)C(C)n1c(=O)oc2ccc(N)cc21. The van der Waals surface area contributed by atoms with E-state index in [9.17, 15) is 9.59 Å². The average molecular weight is 279 g/mol. The number of rotatable bonds is 5. The van der Waals surface area contributed by atoms with Gasteiger partial charge in [0.1, 0.15) is 6.04 Å². The number of methoxy groups -OCH3 is 1. The number of aromatic nitrogens is 1. The van der Waals surface area contributed by atoms with Crippen molar-refractivity contribution in [3.63, 3.8) is 0 Å². The third-order valence-corrected chi connectivity index (χ3v) is 3.01. The minimum absolute atomic E-state index is 0.283. The quantitative estimate of drug-likeness (QED) is 0.613. The first-order chi connectivity index (χ1) is 9.54. The Morgan fingerprint density at radius 1 is 1.55 bits per heavy atom. The van der Waals surface area contributed by atoms with Crippen molar-refractivity contribution >= 4 is 22.7 Å². The normalized spacial score (nSPS) is 12.5. The van der Waals surface area contributed by atoms with Crippen molar-refractivity contribution < 1.29 is 13.9 Å². The maximum Gasteiger partial charge on any atom is 0.420 e. The number of carbonyl (C=O) groups is 1. The van der Waals surface area contributed by atoms with Crippen molar-refractivity contribution in [1.82, 2.24) is 9.88 Å². The summed E-state index contributed by atoms with van der Waals surface area (Å²) in [5.41, 5.74) is 7.11. The number of benzene rings is 1. The van der Waals surface area contributed by atoms with Crippen LogP contribution in [-0.2, 0) is 9.53 Å². The van der Waals surface area contributed by atoms with Crippen LogP contribution in [0.5, 0.6) is 0 Å². The Kier molecular flexibility index (Phi) is 4.09. The summed E-state index contributed by atoms with van der Waals surface area (Å²) >= 11 is 0. The molecule has 0 aliphatic heterocycles. The van der Waals surface area contributed by atoms with E-state index >= 15 is 0 Å². The van der Waals surface area contributed by atoms with E-state index in [2.05, 4.69) is 5.32 Å². The van der Waals surface area contributed by atoms with Gasteiger partial charge in [0.05, 0.1) is 12.1 Å². The number of hydrogen-bond acceptors (Lipinski definition) is 5. The molecule has 1 aromatic heterocycles. The van der Waals surface area contributed by atoms with Gasteiger partial charge in [-0.1, -0.05) is 0 Å². The van der Waals surface area contributed by atoms with E-state index in [1.165, 1.54) is 4.57 Å². The number of nitrogen functional groups attached to an aromatic ring is 1. The second kappa shape index (κ2) is 5.79. The van der Waals surface area contributed by atoms with Crippen molar-refractivity contribution in [2.45, 2.75) is 13.0 Å². The predicted molar refractivity (Wildman–Crippen MR) is 74.5 cm³/mol. The Labute approximate surface area is 115 Å². The van der Waals surface area contributed by atoms with Crippen molar-refractivity contribution in [1.29, 1.82) is 0 Å². The zero-order valence-electron chi connectivity index (χ0n) is 11.4. The van der Waals surface area contributed by atoms with Crippen molar-refractivity contribution in [2.75, 3.05) is 26.0 Å². The summed E-state index contributed by atoms with van der Waals surface area (Å²) in [6.07, 6.45) is 0. The third kappa shape index (κ3) is 2.67. The van der Waals surface area contributed by atoms with Gasteiger partial charge in [-0.25, -0.2) is 4.79 Å². The Morgan fingerprint density at radius 2 is 2.30 bits per heavy atom. The number of anilines is 1. The molecule has 0 bridgehead atoms. The third-order valence-electron chi connectivity index (χ3n) is 3.01. The molecule has 0 saturated heterocycles. The molecule has 20 heavy (non-hydrogen) atoms. The van der Waals surface area contributed by atoms with E-state index in [1.54, 1.807) is 32.2 Å². The first-order valence-electron chi connectivity index (χ1n) is 6.22. The van der Waals surface area contributed by atoms with Gasteiger partial charge in [0.15, 0.2) is 5.58 Å². The Morgan fingerprint density at radius 3 is 3.00 bits per heavy atom. The molecule has 1 atom stereocenters. The summed E-state index contributed by atoms with van der Waals surface area (Å²) in [7, 11) is 1.55. The fraction of sp³-hybridized carbons (Fsp3) is 0.385. The molecule has 0 saturated carbocycles. The Balaban J connectivity index is 2.31. The first-order valence-corrected chi connectivity index (χ1v) is 6.22. The van der Waals surface area contributed by atoms with Gasteiger partial charge in [0.2, 0.25) is 5.91 Å². The second-order valence-electron chi connectivity index (χ2n) is 4.42. The van der Waals surface area contributed by atoms with Crippen LogP contribution in [-0.4, -0.2) is 30.7 Å². The molecular formula is C13H17N3O4. The van der Waals surface area contributed by atoms with E-state index in [4.69, 9.17) is 14.9 Å². The fourth-order valence-corrected chi connectivity index (χ4v) is 1.96. The molecule has 2 aromatic rings. The van der Waals surface area contributed by atoms with E-state index in [1.807, 2.05) is 0 Å². The number of carbonyl (C=O) groups excluding carboxylic acids is 1. The number of oxazole rings is 1. The summed E-state index contributed by atoms with van der Waals surface area (Å²) in [6, 6.07) is 4.17. The van der Waals surface area contributed by atoms with Crippen LogP contribution in [0.25, 0.3) is 11.1 Å². The van der Waals surface area contributed by atoms with Gasteiger partial charge in [-0.2, -0.15) is 0 Å². The molecule has 1 unspecified atom stereocenters. The molecule has 1 heterocycles. The minimum atomic E-state index is -0.692. The molecule has 1 aromatic carbocycles. The van der Waals surface area contributed by atoms with Gasteiger partial charge in [-0.3, -0.25) is 9.36 Å². The molecule has 7 nitrogen and oxygen atoms in total. The summed E-state index contributed by atoms with van der Waals surface area (Å²) in [6.45, 7) is 2.42. The highest BCUT2D eigenvalue weighted by atomic mass is 16.5. The van der Waals surface area contributed by atoms with Crippen LogP contribution in [0.2, 0.25) is 0 Å². The maximum atomic E-state index is 12.0. The van der Waals surface area contributed by atoms with E-state index < -0.39 is 11.8 Å². The fourth-order valence-electron chi connectivity index (χ4n) is 1.96. The zero-order valence-corrected chi connectivity index (χ0v) is 11.4. The molecule has 0 spiro atoms. The average Bonchev–Trinajstić information content (AvgIpc) is 2.73. The number of nitrogens with one attached hydrogen (secondary N) is 1. The number of ether oxygens (including phenoxy) is 1. The predicted octanol–water partition coefficient (Wildman–Crippen LogP) is 0.500. The van der Waals surface area contributed by atoms with Gasteiger partial charge in [-0.15, -0.1) is 0 Å². The largest absolute Gasteiger partial charge is 0.420 e. The number of hydrogen-bond donors (Lipinski definition) is 2. The van der Waals surface area contributed by atoms with Gasteiger partial charge in [0.25, 0.3) is 0 Å².